The highest BCUT2D eigenvalue weighted by Crippen LogP contribution is 2.16. The number of hydrogen-bond acceptors (Lipinski definition) is 4. The van der Waals surface area contributed by atoms with E-state index in [9.17, 15) is 4.79 Å². The van der Waals surface area contributed by atoms with Crippen LogP contribution in [-0.4, -0.2) is 22.8 Å². The molecule has 0 unspecified atom stereocenters. The molecule has 0 bridgehead atoms. The Morgan fingerprint density at radius 3 is 2.54 bits per heavy atom. The molecule has 3 aromatic rings. The Hall–Kier alpha value is -3.08. The number of rotatable bonds is 6. The third-order valence-corrected chi connectivity index (χ3v) is 3.58. The lowest BCUT2D eigenvalue weighted by atomic mass is 10.2. The molecule has 2 heterocycles. The van der Waals surface area contributed by atoms with Gasteiger partial charge < -0.3 is 14.1 Å². The number of aromatic nitrogens is 1. The summed E-state index contributed by atoms with van der Waals surface area (Å²) in [5.74, 6) is 1.41. The van der Waals surface area contributed by atoms with Gasteiger partial charge in [-0.2, -0.15) is 0 Å². The van der Waals surface area contributed by atoms with Crippen molar-refractivity contribution in [2.24, 2.45) is 0 Å². The summed E-state index contributed by atoms with van der Waals surface area (Å²) in [4.78, 5) is 18.0. The Morgan fingerprint density at radius 1 is 1.12 bits per heavy atom. The van der Waals surface area contributed by atoms with Crippen LogP contribution in [0.4, 0.5) is 0 Å². The Kier molecular flexibility index (Phi) is 4.91. The molecule has 0 aliphatic carbocycles. The van der Waals surface area contributed by atoms with Crippen molar-refractivity contribution in [1.82, 2.24) is 9.88 Å². The monoisotopic (exact) mass is 322 g/mol. The molecule has 1 amide bonds. The highest BCUT2D eigenvalue weighted by molar-refractivity contribution is 5.94. The van der Waals surface area contributed by atoms with Gasteiger partial charge in [-0.15, -0.1) is 0 Å². The SMILES string of the molecule is CN(Cc1ccco1)C(=O)c1ccc(OCc2ccncc2)cc1. The number of carbonyl (C=O) groups excluding carboxylic acids is 1. The van der Waals surface area contributed by atoms with Crippen LogP contribution in [0.25, 0.3) is 0 Å². The number of carbonyl (C=O) groups is 1. The van der Waals surface area contributed by atoms with E-state index in [1.54, 1.807) is 54.9 Å². The van der Waals surface area contributed by atoms with Crippen molar-refractivity contribution in [2.75, 3.05) is 7.05 Å². The standard InChI is InChI=1S/C19H18N2O3/c1-21(13-18-3-2-12-23-18)19(22)16-4-6-17(7-5-16)24-14-15-8-10-20-11-9-15/h2-12H,13-14H2,1H3. The van der Waals surface area contributed by atoms with Crippen molar-refractivity contribution in [3.05, 3.63) is 84.1 Å². The van der Waals surface area contributed by atoms with E-state index < -0.39 is 0 Å². The smallest absolute Gasteiger partial charge is 0.254 e. The molecule has 0 aliphatic heterocycles. The van der Waals surface area contributed by atoms with Crippen molar-refractivity contribution in [3.8, 4) is 5.75 Å². The second-order valence-electron chi connectivity index (χ2n) is 5.41. The number of pyridine rings is 1. The van der Waals surface area contributed by atoms with Gasteiger partial charge in [0, 0.05) is 25.0 Å². The van der Waals surface area contributed by atoms with Crippen molar-refractivity contribution in [1.29, 1.82) is 0 Å². The first kappa shape index (κ1) is 15.8. The van der Waals surface area contributed by atoms with Crippen molar-refractivity contribution < 1.29 is 13.9 Å². The first-order valence-electron chi connectivity index (χ1n) is 7.62. The lowest BCUT2D eigenvalue weighted by Crippen LogP contribution is -2.25. The van der Waals surface area contributed by atoms with Gasteiger partial charge >= 0.3 is 0 Å². The fourth-order valence-corrected chi connectivity index (χ4v) is 2.27. The van der Waals surface area contributed by atoms with Crippen LogP contribution >= 0.6 is 0 Å². The van der Waals surface area contributed by atoms with Gasteiger partial charge in [-0.1, -0.05) is 0 Å². The molecular formula is C19H18N2O3. The maximum atomic E-state index is 12.4. The number of hydrogen-bond donors (Lipinski definition) is 0. The van der Waals surface area contributed by atoms with Gasteiger partial charge in [-0.25, -0.2) is 0 Å². The maximum absolute atomic E-state index is 12.4. The summed E-state index contributed by atoms with van der Waals surface area (Å²) in [7, 11) is 1.75. The third kappa shape index (κ3) is 4.01. The van der Waals surface area contributed by atoms with Crippen LogP contribution in [-0.2, 0) is 13.2 Å². The van der Waals surface area contributed by atoms with Crippen molar-refractivity contribution in [3.63, 3.8) is 0 Å². The molecule has 5 heteroatoms. The summed E-state index contributed by atoms with van der Waals surface area (Å²) in [5.41, 5.74) is 1.66. The fraction of sp³-hybridized carbons (Fsp3) is 0.158. The molecule has 2 aromatic heterocycles. The molecule has 0 saturated carbocycles. The van der Waals surface area contributed by atoms with E-state index in [1.165, 1.54) is 0 Å². The topological polar surface area (TPSA) is 55.6 Å². The number of nitrogens with zero attached hydrogens (tertiary/aromatic N) is 2. The highest BCUT2D eigenvalue weighted by Gasteiger charge is 2.13. The minimum Gasteiger partial charge on any atom is -0.489 e. The van der Waals surface area contributed by atoms with Gasteiger partial charge in [-0.3, -0.25) is 9.78 Å². The van der Waals surface area contributed by atoms with Gasteiger partial charge in [-0.05, 0) is 54.1 Å². The molecule has 3 rings (SSSR count). The van der Waals surface area contributed by atoms with Crippen LogP contribution in [0.3, 0.4) is 0 Å². The lowest BCUT2D eigenvalue weighted by molar-refractivity contribution is 0.0775. The third-order valence-electron chi connectivity index (χ3n) is 3.58. The minimum absolute atomic E-state index is 0.0629. The van der Waals surface area contributed by atoms with E-state index in [-0.39, 0.29) is 5.91 Å². The number of amides is 1. The van der Waals surface area contributed by atoms with Gasteiger partial charge in [0.1, 0.15) is 18.1 Å². The highest BCUT2D eigenvalue weighted by atomic mass is 16.5. The normalized spacial score (nSPS) is 10.4. The first-order chi connectivity index (χ1) is 11.7. The van der Waals surface area contributed by atoms with Crippen LogP contribution in [0.5, 0.6) is 5.75 Å². The molecule has 0 spiro atoms. The Morgan fingerprint density at radius 2 is 1.88 bits per heavy atom. The van der Waals surface area contributed by atoms with Gasteiger partial charge in [0.15, 0.2) is 0 Å². The summed E-state index contributed by atoms with van der Waals surface area (Å²) in [6, 6.07) is 14.6. The molecule has 0 fully saturated rings. The van der Waals surface area contributed by atoms with E-state index >= 15 is 0 Å². The van der Waals surface area contributed by atoms with Crippen LogP contribution < -0.4 is 4.74 Å². The predicted octanol–water partition coefficient (Wildman–Crippen LogP) is 3.53. The van der Waals surface area contributed by atoms with E-state index in [0.717, 1.165) is 17.1 Å². The van der Waals surface area contributed by atoms with E-state index in [0.29, 0.717) is 18.7 Å². The van der Waals surface area contributed by atoms with E-state index in [2.05, 4.69) is 4.98 Å². The second kappa shape index (κ2) is 7.46. The zero-order chi connectivity index (χ0) is 16.8. The Balaban J connectivity index is 1.58. The quantitative estimate of drug-likeness (QED) is 0.697. The summed E-state index contributed by atoms with van der Waals surface area (Å²) in [5, 5.41) is 0. The molecule has 0 aliphatic rings. The number of ether oxygens (including phenoxy) is 1. The minimum atomic E-state index is -0.0629. The van der Waals surface area contributed by atoms with Crippen LogP contribution in [0.1, 0.15) is 21.7 Å². The molecule has 0 atom stereocenters. The summed E-state index contributed by atoms with van der Waals surface area (Å²) >= 11 is 0. The van der Waals surface area contributed by atoms with E-state index in [1.807, 2.05) is 24.3 Å². The summed E-state index contributed by atoms with van der Waals surface area (Å²) in [6.45, 7) is 0.903. The fourth-order valence-electron chi connectivity index (χ4n) is 2.27. The Labute approximate surface area is 140 Å². The first-order valence-corrected chi connectivity index (χ1v) is 7.62. The summed E-state index contributed by atoms with van der Waals surface area (Å²) < 4.78 is 11.0. The Bertz CT molecular complexity index is 768. The molecule has 0 saturated heterocycles. The molecule has 122 valence electrons. The molecular weight excluding hydrogens is 304 g/mol. The second-order valence-corrected chi connectivity index (χ2v) is 5.41. The average Bonchev–Trinajstić information content (AvgIpc) is 3.13. The van der Waals surface area contributed by atoms with Crippen LogP contribution in [0, 0.1) is 0 Å². The zero-order valence-corrected chi connectivity index (χ0v) is 13.4. The van der Waals surface area contributed by atoms with Crippen LogP contribution in [0.2, 0.25) is 0 Å². The van der Waals surface area contributed by atoms with Crippen molar-refractivity contribution in [2.45, 2.75) is 13.2 Å². The molecule has 0 N–H and O–H groups in total. The predicted molar refractivity (Wildman–Crippen MR) is 89.5 cm³/mol. The average molecular weight is 322 g/mol. The van der Waals surface area contributed by atoms with Gasteiger partial charge in [0.25, 0.3) is 5.91 Å². The zero-order valence-electron chi connectivity index (χ0n) is 13.4. The summed E-state index contributed by atoms with van der Waals surface area (Å²) in [6.07, 6.45) is 5.06. The number of furan rings is 1. The number of benzene rings is 1. The van der Waals surface area contributed by atoms with Crippen LogP contribution in [0.15, 0.2) is 71.6 Å². The van der Waals surface area contributed by atoms with Gasteiger partial charge in [0.2, 0.25) is 0 Å². The lowest BCUT2D eigenvalue weighted by Gasteiger charge is -2.16. The molecule has 24 heavy (non-hydrogen) atoms. The maximum Gasteiger partial charge on any atom is 0.254 e. The molecule has 0 radical (unpaired) electrons. The van der Waals surface area contributed by atoms with Gasteiger partial charge in [0.05, 0.1) is 12.8 Å². The molecule has 1 aromatic carbocycles. The van der Waals surface area contributed by atoms with E-state index in [4.69, 9.17) is 9.15 Å². The van der Waals surface area contributed by atoms with Crippen molar-refractivity contribution >= 4 is 5.91 Å². The molecule has 5 nitrogen and oxygen atoms in total. The largest absolute Gasteiger partial charge is 0.489 e.